The topological polar surface area (TPSA) is 46.5 Å². The highest BCUT2D eigenvalue weighted by Crippen LogP contribution is 2.15. The summed E-state index contributed by atoms with van der Waals surface area (Å²) in [6.07, 6.45) is 0.705. The summed E-state index contributed by atoms with van der Waals surface area (Å²) in [6.45, 7) is 1.62. The maximum atomic E-state index is 11.4. The van der Waals surface area contributed by atoms with Crippen LogP contribution in [-0.4, -0.2) is 24.3 Å². The van der Waals surface area contributed by atoms with Crippen molar-refractivity contribution in [3.05, 3.63) is 35.9 Å². The largest absolute Gasteiger partial charge is 0.469 e. The number of carbonyl (C=O) groups is 1. The van der Waals surface area contributed by atoms with Crippen LogP contribution in [0.15, 0.2) is 30.3 Å². The first-order valence-electron chi connectivity index (χ1n) is 5.45. The van der Waals surface area contributed by atoms with Crippen molar-refractivity contribution in [2.45, 2.75) is 25.9 Å². The minimum Gasteiger partial charge on any atom is -0.469 e. The SMILES string of the molecule is COC(=O)C(CCc1ccccc1)C(C)O. The third-order valence-corrected chi connectivity index (χ3v) is 2.67. The summed E-state index contributed by atoms with van der Waals surface area (Å²) >= 11 is 0. The van der Waals surface area contributed by atoms with Crippen LogP contribution in [-0.2, 0) is 16.0 Å². The van der Waals surface area contributed by atoms with Gasteiger partial charge in [-0.05, 0) is 25.3 Å². The van der Waals surface area contributed by atoms with Crippen LogP contribution in [0.5, 0.6) is 0 Å². The number of ether oxygens (including phenoxy) is 1. The molecule has 3 heteroatoms. The summed E-state index contributed by atoms with van der Waals surface area (Å²) < 4.78 is 4.66. The van der Waals surface area contributed by atoms with Crippen molar-refractivity contribution in [3.63, 3.8) is 0 Å². The lowest BCUT2D eigenvalue weighted by Crippen LogP contribution is -2.27. The summed E-state index contributed by atoms with van der Waals surface area (Å²) in [7, 11) is 1.35. The third-order valence-electron chi connectivity index (χ3n) is 2.67. The van der Waals surface area contributed by atoms with Crippen molar-refractivity contribution in [3.8, 4) is 0 Å². The minimum atomic E-state index is -0.670. The number of hydrogen-bond acceptors (Lipinski definition) is 3. The molecule has 1 rings (SSSR count). The molecule has 16 heavy (non-hydrogen) atoms. The van der Waals surface area contributed by atoms with Gasteiger partial charge in [-0.2, -0.15) is 0 Å². The van der Waals surface area contributed by atoms with Crippen molar-refractivity contribution >= 4 is 5.97 Å². The Hall–Kier alpha value is -1.35. The molecule has 3 nitrogen and oxygen atoms in total. The highest BCUT2D eigenvalue weighted by atomic mass is 16.5. The molecule has 0 fully saturated rings. The number of aliphatic hydroxyl groups excluding tert-OH is 1. The average Bonchev–Trinajstić information content (AvgIpc) is 2.30. The molecule has 0 aliphatic rings. The van der Waals surface area contributed by atoms with Crippen LogP contribution in [0.25, 0.3) is 0 Å². The molecule has 0 aromatic heterocycles. The Kier molecular flexibility index (Phi) is 4.99. The number of esters is 1. The summed E-state index contributed by atoms with van der Waals surface area (Å²) in [5.41, 5.74) is 1.16. The van der Waals surface area contributed by atoms with Crippen LogP contribution in [0.4, 0.5) is 0 Å². The molecule has 1 aromatic rings. The van der Waals surface area contributed by atoms with E-state index in [1.807, 2.05) is 30.3 Å². The zero-order chi connectivity index (χ0) is 12.0. The van der Waals surface area contributed by atoms with E-state index in [-0.39, 0.29) is 5.97 Å². The van der Waals surface area contributed by atoms with Crippen LogP contribution in [0.1, 0.15) is 18.9 Å². The molecule has 1 aromatic carbocycles. The number of aryl methyl sites for hydroxylation is 1. The fourth-order valence-electron chi connectivity index (χ4n) is 1.67. The highest BCUT2D eigenvalue weighted by Gasteiger charge is 2.23. The second-order valence-electron chi connectivity index (χ2n) is 3.89. The molecule has 0 aliphatic heterocycles. The summed E-state index contributed by atoms with van der Waals surface area (Å²) in [4.78, 5) is 11.4. The van der Waals surface area contributed by atoms with E-state index < -0.39 is 12.0 Å². The summed E-state index contributed by atoms with van der Waals surface area (Å²) in [5, 5.41) is 9.49. The van der Waals surface area contributed by atoms with Crippen molar-refractivity contribution in [1.29, 1.82) is 0 Å². The van der Waals surface area contributed by atoms with Crippen LogP contribution in [0.3, 0.4) is 0 Å². The highest BCUT2D eigenvalue weighted by molar-refractivity contribution is 5.72. The Balaban J connectivity index is 2.54. The van der Waals surface area contributed by atoms with E-state index in [2.05, 4.69) is 4.74 Å². The van der Waals surface area contributed by atoms with Crippen LogP contribution in [0.2, 0.25) is 0 Å². The quantitative estimate of drug-likeness (QED) is 0.773. The van der Waals surface area contributed by atoms with Gasteiger partial charge < -0.3 is 9.84 Å². The summed E-state index contributed by atoms with van der Waals surface area (Å²) in [6, 6.07) is 9.90. The molecule has 0 amide bonds. The van der Waals surface area contributed by atoms with Crippen LogP contribution < -0.4 is 0 Å². The fraction of sp³-hybridized carbons (Fsp3) is 0.462. The van der Waals surface area contributed by atoms with E-state index in [0.29, 0.717) is 6.42 Å². The maximum absolute atomic E-state index is 11.4. The number of rotatable bonds is 5. The van der Waals surface area contributed by atoms with E-state index in [1.165, 1.54) is 7.11 Å². The van der Waals surface area contributed by atoms with Gasteiger partial charge in [-0.1, -0.05) is 30.3 Å². The average molecular weight is 222 g/mol. The van der Waals surface area contributed by atoms with Gasteiger partial charge in [-0.15, -0.1) is 0 Å². The Morgan fingerprint density at radius 3 is 2.50 bits per heavy atom. The Morgan fingerprint density at radius 1 is 1.38 bits per heavy atom. The number of carbonyl (C=O) groups excluding carboxylic acids is 1. The van der Waals surface area contributed by atoms with Crippen molar-refractivity contribution in [2.75, 3.05) is 7.11 Å². The van der Waals surface area contributed by atoms with E-state index in [9.17, 15) is 9.90 Å². The molecule has 1 N–H and O–H groups in total. The van der Waals surface area contributed by atoms with E-state index in [4.69, 9.17) is 0 Å². The number of hydrogen-bond donors (Lipinski definition) is 1. The molecular weight excluding hydrogens is 204 g/mol. The second-order valence-corrected chi connectivity index (χ2v) is 3.89. The monoisotopic (exact) mass is 222 g/mol. The first-order chi connectivity index (χ1) is 7.65. The molecule has 88 valence electrons. The molecular formula is C13H18O3. The standard InChI is InChI=1S/C13H18O3/c1-10(14)12(13(15)16-2)9-8-11-6-4-3-5-7-11/h3-7,10,12,14H,8-9H2,1-2H3. The molecule has 0 saturated carbocycles. The third kappa shape index (κ3) is 3.66. The van der Waals surface area contributed by atoms with Crippen molar-refractivity contribution in [2.24, 2.45) is 5.92 Å². The smallest absolute Gasteiger partial charge is 0.311 e. The Morgan fingerprint density at radius 2 is 2.00 bits per heavy atom. The number of aliphatic hydroxyl groups is 1. The molecule has 0 heterocycles. The first-order valence-corrected chi connectivity index (χ1v) is 5.45. The van der Waals surface area contributed by atoms with Gasteiger partial charge in [0.15, 0.2) is 0 Å². The van der Waals surface area contributed by atoms with Crippen LogP contribution in [0, 0.1) is 5.92 Å². The fourth-order valence-corrected chi connectivity index (χ4v) is 1.67. The van der Waals surface area contributed by atoms with E-state index >= 15 is 0 Å². The molecule has 2 atom stereocenters. The van der Waals surface area contributed by atoms with Gasteiger partial charge in [0.1, 0.15) is 0 Å². The van der Waals surface area contributed by atoms with Gasteiger partial charge in [-0.3, -0.25) is 4.79 Å². The zero-order valence-corrected chi connectivity index (χ0v) is 9.72. The van der Waals surface area contributed by atoms with Gasteiger partial charge in [0.2, 0.25) is 0 Å². The van der Waals surface area contributed by atoms with E-state index in [0.717, 1.165) is 12.0 Å². The lowest BCUT2D eigenvalue weighted by Gasteiger charge is -2.17. The lowest BCUT2D eigenvalue weighted by molar-refractivity contribution is -0.149. The molecule has 0 spiro atoms. The normalized spacial score (nSPS) is 14.2. The van der Waals surface area contributed by atoms with Crippen molar-refractivity contribution in [1.82, 2.24) is 0 Å². The van der Waals surface area contributed by atoms with Gasteiger partial charge in [0.25, 0.3) is 0 Å². The zero-order valence-electron chi connectivity index (χ0n) is 9.72. The van der Waals surface area contributed by atoms with Crippen molar-refractivity contribution < 1.29 is 14.6 Å². The molecule has 0 saturated heterocycles. The Labute approximate surface area is 96.1 Å². The second kappa shape index (κ2) is 6.28. The Bertz CT molecular complexity index is 319. The predicted molar refractivity (Wildman–Crippen MR) is 61.9 cm³/mol. The predicted octanol–water partition coefficient (Wildman–Crippen LogP) is 1.79. The van der Waals surface area contributed by atoms with Crippen LogP contribution >= 0.6 is 0 Å². The minimum absolute atomic E-state index is 0.342. The maximum Gasteiger partial charge on any atom is 0.311 e. The lowest BCUT2D eigenvalue weighted by atomic mass is 9.95. The van der Waals surface area contributed by atoms with Gasteiger partial charge in [-0.25, -0.2) is 0 Å². The number of methoxy groups -OCH3 is 1. The van der Waals surface area contributed by atoms with Gasteiger partial charge in [0, 0.05) is 0 Å². The molecule has 0 bridgehead atoms. The molecule has 0 aliphatic carbocycles. The summed E-state index contributed by atoms with van der Waals surface area (Å²) in [5.74, 6) is -0.781. The van der Waals surface area contributed by atoms with Gasteiger partial charge in [0.05, 0.1) is 19.1 Å². The van der Waals surface area contributed by atoms with E-state index in [1.54, 1.807) is 6.92 Å². The number of benzene rings is 1. The first kappa shape index (κ1) is 12.7. The van der Waals surface area contributed by atoms with Gasteiger partial charge >= 0.3 is 5.97 Å². The molecule has 2 unspecified atom stereocenters. The molecule has 0 radical (unpaired) electrons.